The highest BCUT2D eigenvalue weighted by atomic mass is 16.5. The molecule has 1 atom stereocenters. The Labute approximate surface area is 118 Å². The van der Waals surface area contributed by atoms with Crippen LogP contribution in [0.5, 0.6) is 5.75 Å². The molecule has 1 aliphatic carbocycles. The van der Waals surface area contributed by atoms with E-state index in [4.69, 9.17) is 9.84 Å². The number of aliphatic carboxylic acids is 1. The number of rotatable bonds is 8. The monoisotopic (exact) mass is 279 g/mol. The smallest absolute Gasteiger partial charge is 0.327 e. The molecule has 0 spiro atoms. The van der Waals surface area contributed by atoms with Gasteiger partial charge in [-0.1, -0.05) is 18.2 Å². The fourth-order valence-corrected chi connectivity index (χ4v) is 2.48. The summed E-state index contributed by atoms with van der Waals surface area (Å²) in [4.78, 5) is 11.6. The first-order valence-electron chi connectivity index (χ1n) is 6.88. The lowest BCUT2D eigenvalue weighted by Gasteiger charge is -2.29. The summed E-state index contributed by atoms with van der Waals surface area (Å²) in [6.45, 7) is 0.130. The van der Waals surface area contributed by atoms with Crippen LogP contribution in [-0.4, -0.2) is 42.0 Å². The van der Waals surface area contributed by atoms with Gasteiger partial charge in [0.1, 0.15) is 12.4 Å². The van der Waals surface area contributed by atoms with Gasteiger partial charge >= 0.3 is 5.97 Å². The molecule has 0 aromatic heterocycles. The average molecular weight is 279 g/mol. The van der Waals surface area contributed by atoms with Crippen molar-refractivity contribution in [1.82, 2.24) is 5.32 Å². The predicted molar refractivity (Wildman–Crippen MR) is 74.9 cm³/mol. The van der Waals surface area contributed by atoms with Gasteiger partial charge in [-0.15, -0.1) is 0 Å². The van der Waals surface area contributed by atoms with Gasteiger partial charge < -0.3 is 20.3 Å². The van der Waals surface area contributed by atoms with E-state index in [1.165, 1.54) is 0 Å². The van der Waals surface area contributed by atoms with Crippen LogP contribution in [0.2, 0.25) is 0 Å². The lowest BCUT2D eigenvalue weighted by Crippen LogP contribution is -2.56. The number of hydrogen-bond donors (Lipinski definition) is 3. The van der Waals surface area contributed by atoms with E-state index in [-0.39, 0.29) is 19.1 Å². The second-order valence-electron chi connectivity index (χ2n) is 5.17. The summed E-state index contributed by atoms with van der Waals surface area (Å²) < 4.78 is 5.75. The van der Waals surface area contributed by atoms with Gasteiger partial charge in [-0.2, -0.15) is 0 Å². The summed E-state index contributed by atoms with van der Waals surface area (Å²) in [5, 5.41) is 21.5. The molecule has 1 unspecified atom stereocenters. The van der Waals surface area contributed by atoms with Crippen molar-refractivity contribution >= 4 is 5.97 Å². The van der Waals surface area contributed by atoms with E-state index in [0.717, 1.165) is 18.4 Å². The molecular formula is C15H21NO4. The highest BCUT2D eigenvalue weighted by Crippen LogP contribution is 2.40. The third-order valence-corrected chi connectivity index (χ3v) is 3.91. The first-order valence-corrected chi connectivity index (χ1v) is 6.88. The van der Waals surface area contributed by atoms with E-state index < -0.39 is 11.5 Å². The minimum Gasteiger partial charge on any atom is -0.491 e. The van der Waals surface area contributed by atoms with Crippen molar-refractivity contribution in [2.45, 2.75) is 24.8 Å². The fraction of sp³-hybridized carbons (Fsp3) is 0.533. The van der Waals surface area contributed by atoms with Crippen LogP contribution in [0.25, 0.3) is 0 Å². The summed E-state index contributed by atoms with van der Waals surface area (Å²) >= 11 is 0. The third kappa shape index (κ3) is 2.94. The van der Waals surface area contributed by atoms with Crippen LogP contribution < -0.4 is 10.1 Å². The normalized spacial score (nSPS) is 17.5. The molecule has 110 valence electrons. The molecule has 0 amide bonds. The third-order valence-electron chi connectivity index (χ3n) is 3.91. The number of hydrogen-bond acceptors (Lipinski definition) is 4. The number of likely N-dealkylation sites (N-methyl/N-ethyl adjacent to an activating group) is 1. The van der Waals surface area contributed by atoms with E-state index in [2.05, 4.69) is 5.32 Å². The molecule has 1 fully saturated rings. The van der Waals surface area contributed by atoms with Crippen LogP contribution >= 0.6 is 0 Å². The van der Waals surface area contributed by atoms with Crippen molar-refractivity contribution in [2.24, 2.45) is 5.92 Å². The van der Waals surface area contributed by atoms with Crippen molar-refractivity contribution in [1.29, 1.82) is 0 Å². The summed E-state index contributed by atoms with van der Waals surface area (Å²) in [6, 6.07) is 7.40. The van der Waals surface area contributed by atoms with Crippen LogP contribution in [0.1, 0.15) is 18.4 Å². The summed E-state index contributed by atoms with van der Waals surface area (Å²) in [5.41, 5.74) is -0.132. The maximum atomic E-state index is 11.6. The first-order chi connectivity index (χ1) is 9.64. The van der Waals surface area contributed by atoms with Gasteiger partial charge in [-0.05, 0) is 43.9 Å². The molecule has 2 rings (SSSR count). The number of carboxylic acid groups (broad SMARTS) is 1. The maximum Gasteiger partial charge on any atom is 0.327 e. The Morgan fingerprint density at radius 1 is 1.45 bits per heavy atom. The molecule has 0 heterocycles. The number of para-hydroxylation sites is 1. The molecule has 0 radical (unpaired) electrons. The molecule has 1 saturated carbocycles. The van der Waals surface area contributed by atoms with Gasteiger partial charge in [-0.25, -0.2) is 0 Å². The largest absolute Gasteiger partial charge is 0.491 e. The van der Waals surface area contributed by atoms with Gasteiger partial charge in [0, 0.05) is 6.61 Å². The zero-order chi connectivity index (χ0) is 14.6. The lowest BCUT2D eigenvalue weighted by atomic mass is 9.94. The van der Waals surface area contributed by atoms with Crippen LogP contribution in [-0.2, 0) is 11.2 Å². The maximum absolute atomic E-state index is 11.6. The second-order valence-corrected chi connectivity index (χ2v) is 5.17. The minimum atomic E-state index is -1.02. The molecule has 5 heteroatoms. The molecule has 0 saturated heterocycles. The molecule has 20 heavy (non-hydrogen) atoms. The number of carboxylic acids is 1. The fourth-order valence-electron chi connectivity index (χ4n) is 2.48. The molecule has 5 nitrogen and oxygen atoms in total. The number of aliphatic hydroxyl groups excluding tert-OH is 1. The van der Waals surface area contributed by atoms with Crippen molar-refractivity contribution < 1.29 is 19.7 Å². The SMILES string of the molecule is CNC(COc1ccccc1CCO)(C(=O)O)C1CC1. The van der Waals surface area contributed by atoms with E-state index in [9.17, 15) is 9.90 Å². The number of ether oxygens (including phenoxy) is 1. The predicted octanol–water partition coefficient (Wildman–Crippen LogP) is 1.05. The Bertz CT molecular complexity index is 473. The highest BCUT2D eigenvalue weighted by Gasteiger charge is 2.51. The molecule has 0 aliphatic heterocycles. The molecule has 3 N–H and O–H groups in total. The average Bonchev–Trinajstić information content (AvgIpc) is 3.27. The molecule has 1 aromatic rings. The highest BCUT2D eigenvalue weighted by molar-refractivity contribution is 5.80. The standard InChI is InChI=1S/C15H21NO4/c1-16-15(14(18)19,12-6-7-12)10-20-13-5-3-2-4-11(13)8-9-17/h2-5,12,16-17H,6-10H2,1H3,(H,18,19). The minimum absolute atomic E-state index is 0.0408. The van der Waals surface area contributed by atoms with E-state index in [0.29, 0.717) is 12.2 Å². The van der Waals surface area contributed by atoms with Crippen molar-refractivity contribution in [2.75, 3.05) is 20.3 Å². The zero-order valence-corrected chi connectivity index (χ0v) is 11.6. The van der Waals surface area contributed by atoms with Gasteiger partial charge in [0.25, 0.3) is 0 Å². The van der Waals surface area contributed by atoms with E-state index >= 15 is 0 Å². The molecule has 1 aliphatic rings. The van der Waals surface area contributed by atoms with Gasteiger partial charge in [0.15, 0.2) is 5.54 Å². The Hall–Kier alpha value is -1.59. The first kappa shape index (κ1) is 14.8. The Kier molecular flexibility index (Phi) is 4.62. The molecular weight excluding hydrogens is 258 g/mol. The Morgan fingerprint density at radius 2 is 2.15 bits per heavy atom. The number of benzene rings is 1. The summed E-state index contributed by atoms with van der Waals surface area (Å²) in [7, 11) is 1.66. The number of aliphatic hydroxyl groups is 1. The van der Waals surface area contributed by atoms with Crippen molar-refractivity contribution in [3.63, 3.8) is 0 Å². The van der Waals surface area contributed by atoms with Gasteiger partial charge in [0.2, 0.25) is 0 Å². The second kappa shape index (κ2) is 6.24. The zero-order valence-electron chi connectivity index (χ0n) is 11.6. The van der Waals surface area contributed by atoms with E-state index in [1.54, 1.807) is 13.1 Å². The van der Waals surface area contributed by atoms with E-state index in [1.807, 2.05) is 18.2 Å². The van der Waals surface area contributed by atoms with Crippen molar-refractivity contribution in [3.8, 4) is 5.75 Å². The van der Waals surface area contributed by atoms with Crippen molar-refractivity contribution in [3.05, 3.63) is 29.8 Å². The van der Waals surface area contributed by atoms with Gasteiger partial charge in [0.05, 0.1) is 0 Å². The van der Waals surface area contributed by atoms with Crippen LogP contribution in [0.4, 0.5) is 0 Å². The Morgan fingerprint density at radius 3 is 2.70 bits per heavy atom. The topological polar surface area (TPSA) is 78.8 Å². The van der Waals surface area contributed by atoms with Crippen LogP contribution in [0.15, 0.2) is 24.3 Å². The number of nitrogens with one attached hydrogen (secondary N) is 1. The van der Waals surface area contributed by atoms with Gasteiger partial charge in [-0.3, -0.25) is 4.79 Å². The lowest BCUT2D eigenvalue weighted by molar-refractivity contribution is -0.147. The van der Waals surface area contributed by atoms with Crippen LogP contribution in [0, 0.1) is 5.92 Å². The quantitative estimate of drug-likeness (QED) is 0.663. The molecule has 0 bridgehead atoms. The Balaban J connectivity index is 2.12. The molecule has 1 aromatic carbocycles. The summed E-state index contributed by atoms with van der Waals surface area (Å²) in [5.74, 6) is -0.111. The number of carbonyl (C=O) groups is 1. The van der Waals surface area contributed by atoms with Crippen LogP contribution in [0.3, 0.4) is 0 Å². The summed E-state index contributed by atoms with van der Waals surface area (Å²) in [6.07, 6.45) is 2.32.